The van der Waals surface area contributed by atoms with Crippen LogP contribution >= 0.6 is 0 Å². The number of amides is 1. The van der Waals surface area contributed by atoms with Crippen LogP contribution in [0.4, 0.5) is 0 Å². The van der Waals surface area contributed by atoms with Crippen molar-refractivity contribution in [3.63, 3.8) is 0 Å². The molecule has 1 saturated heterocycles. The molecule has 0 aromatic heterocycles. The van der Waals surface area contributed by atoms with Crippen molar-refractivity contribution in [1.82, 2.24) is 10.6 Å². The largest absolute Gasteiger partial charge is 0.352 e. The van der Waals surface area contributed by atoms with Crippen LogP contribution in [0.1, 0.15) is 52.2 Å². The maximum atomic E-state index is 12.3. The molecule has 2 aromatic carbocycles. The summed E-state index contributed by atoms with van der Waals surface area (Å²) in [5.74, 6) is 0.609. The Bertz CT molecular complexity index is 687. The third-order valence-corrected chi connectivity index (χ3v) is 4.95. The van der Waals surface area contributed by atoms with Crippen molar-refractivity contribution in [2.45, 2.75) is 38.5 Å². The molecule has 1 unspecified atom stereocenters. The molecule has 0 bridgehead atoms. The fourth-order valence-corrected chi connectivity index (χ4v) is 3.51. The van der Waals surface area contributed by atoms with Gasteiger partial charge in [-0.1, -0.05) is 42.0 Å². The monoisotopic (exact) mass is 336 g/mol. The van der Waals surface area contributed by atoms with Crippen LogP contribution in [0.3, 0.4) is 0 Å². The van der Waals surface area contributed by atoms with Crippen molar-refractivity contribution in [3.8, 4) is 0 Å². The van der Waals surface area contributed by atoms with Crippen LogP contribution in [0.15, 0.2) is 48.5 Å². The molecule has 1 heterocycles. The molecule has 132 valence electrons. The zero-order chi connectivity index (χ0) is 17.5. The summed E-state index contributed by atoms with van der Waals surface area (Å²) in [6.07, 6.45) is 4.42. The molecule has 2 aromatic rings. The normalized spacial score (nSPS) is 17.2. The molecule has 0 radical (unpaired) electrons. The van der Waals surface area contributed by atoms with Crippen molar-refractivity contribution in [3.05, 3.63) is 70.8 Å². The highest BCUT2D eigenvalue weighted by Gasteiger charge is 2.15. The van der Waals surface area contributed by atoms with Gasteiger partial charge in [-0.2, -0.15) is 0 Å². The molecule has 0 spiro atoms. The Morgan fingerprint density at radius 1 is 1.20 bits per heavy atom. The lowest BCUT2D eigenvalue weighted by Crippen LogP contribution is -2.28. The molecule has 3 rings (SSSR count). The maximum Gasteiger partial charge on any atom is 0.251 e. The molecule has 0 aliphatic carbocycles. The first-order chi connectivity index (χ1) is 12.2. The van der Waals surface area contributed by atoms with Crippen LogP contribution in [0, 0.1) is 6.92 Å². The molecule has 3 heteroatoms. The molecule has 0 saturated carbocycles. The third kappa shape index (κ3) is 5.17. The number of nitrogens with one attached hydrogen (secondary N) is 2. The summed E-state index contributed by atoms with van der Waals surface area (Å²) in [5.41, 5.74) is 4.71. The second-order valence-electron chi connectivity index (χ2n) is 7.01. The number of piperidine rings is 1. The van der Waals surface area contributed by atoms with Crippen LogP contribution in [-0.4, -0.2) is 25.5 Å². The highest BCUT2D eigenvalue weighted by molar-refractivity contribution is 5.94. The van der Waals surface area contributed by atoms with Gasteiger partial charge in [-0.05, 0) is 68.3 Å². The Balaban J connectivity index is 1.44. The molecule has 25 heavy (non-hydrogen) atoms. The maximum absolute atomic E-state index is 12.3. The lowest BCUT2D eigenvalue weighted by Gasteiger charge is -2.23. The number of carbonyl (C=O) groups is 1. The van der Waals surface area contributed by atoms with Gasteiger partial charge < -0.3 is 10.6 Å². The number of carbonyl (C=O) groups excluding carboxylic acids is 1. The molecule has 1 fully saturated rings. The average Bonchev–Trinajstić information content (AvgIpc) is 2.66. The summed E-state index contributed by atoms with van der Waals surface area (Å²) < 4.78 is 0. The standard InChI is InChI=1S/C22H28N2O/c1-17-5-2-6-18(15-17)7-3-14-24-22(25)20-11-9-19(10-12-20)21-8-4-13-23-16-21/h2,5-6,9-12,15,21,23H,3-4,7-8,13-14,16H2,1H3,(H,24,25). The van der Waals surface area contributed by atoms with Crippen LogP contribution < -0.4 is 10.6 Å². The molecule has 1 aliphatic rings. The van der Waals surface area contributed by atoms with E-state index >= 15 is 0 Å². The summed E-state index contributed by atoms with van der Waals surface area (Å²) in [6.45, 7) is 4.99. The van der Waals surface area contributed by atoms with E-state index in [-0.39, 0.29) is 5.91 Å². The van der Waals surface area contributed by atoms with E-state index in [0.29, 0.717) is 12.5 Å². The fourth-order valence-electron chi connectivity index (χ4n) is 3.51. The molecular formula is C22H28N2O. The first kappa shape index (κ1) is 17.7. The highest BCUT2D eigenvalue weighted by Crippen LogP contribution is 2.23. The second kappa shape index (κ2) is 8.82. The van der Waals surface area contributed by atoms with Gasteiger partial charge in [0, 0.05) is 18.7 Å². The van der Waals surface area contributed by atoms with E-state index in [1.54, 1.807) is 0 Å². The number of hydrogen-bond acceptors (Lipinski definition) is 2. The summed E-state index contributed by atoms with van der Waals surface area (Å²) in [5, 5.41) is 6.47. The van der Waals surface area contributed by atoms with Gasteiger partial charge in [0.15, 0.2) is 0 Å². The summed E-state index contributed by atoms with van der Waals surface area (Å²) in [7, 11) is 0. The first-order valence-corrected chi connectivity index (χ1v) is 9.37. The van der Waals surface area contributed by atoms with Gasteiger partial charge in [0.1, 0.15) is 0 Å². The van der Waals surface area contributed by atoms with E-state index in [0.717, 1.165) is 31.5 Å². The summed E-state index contributed by atoms with van der Waals surface area (Å²) in [6, 6.07) is 16.7. The molecular weight excluding hydrogens is 308 g/mol. The molecule has 2 N–H and O–H groups in total. The number of hydrogen-bond donors (Lipinski definition) is 2. The average molecular weight is 336 g/mol. The number of rotatable bonds is 6. The van der Waals surface area contributed by atoms with E-state index in [2.05, 4.69) is 54.0 Å². The van der Waals surface area contributed by atoms with Gasteiger partial charge >= 0.3 is 0 Å². The second-order valence-corrected chi connectivity index (χ2v) is 7.01. The minimum absolute atomic E-state index is 0.0255. The van der Waals surface area contributed by atoms with Crippen LogP contribution in [0.2, 0.25) is 0 Å². The van der Waals surface area contributed by atoms with E-state index in [4.69, 9.17) is 0 Å². The van der Waals surface area contributed by atoms with Crippen molar-refractivity contribution in [2.75, 3.05) is 19.6 Å². The Morgan fingerprint density at radius 3 is 2.76 bits per heavy atom. The highest BCUT2D eigenvalue weighted by atomic mass is 16.1. The fraction of sp³-hybridized carbons (Fsp3) is 0.409. The van der Waals surface area contributed by atoms with E-state index < -0.39 is 0 Å². The van der Waals surface area contributed by atoms with Gasteiger partial charge in [0.25, 0.3) is 5.91 Å². The predicted molar refractivity (Wildman–Crippen MR) is 103 cm³/mol. The predicted octanol–water partition coefficient (Wildman–Crippen LogP) is 3.82. The van der Waals surface area contributed by atoms with Crippen LogP contribution in [0.5, 0.6) is 0 Å². The Hall–Kier alpha value is -2.13. The van der Waals surface area contributed by atoms with Gasteiger partial charge in [-0.25, -0.2) is 0 Å². The lowest BCUT2D eigenvalue weighted by molar-refractivity contribution is 0.0953. The van der Waals surface area contributed by atoms with Gasteiger partial charge in [0.05, 0.1) is 0 Å². The quantitative estimate of drug-likeness (QED) is 0.787. The topological polar surface area (TPSA) is 41.1 Å². The van der Waals surface area contributed by atoms with E-state index in [1.165, 1.54) is 29.5 Å². The van der Waals surface area contributed by atoms with E-state index in [9.17, 15) is 4.79 Å². The first-order valence-electron chi connectivity index (χ1n) is 9.37. The molecule has 3 nitrogen and oxygen atoms in total. The third-order valence-electron chi connectivity index (χ3n) is 4.95. The SMILES string of the molecule is Cc1cccc(CCCNC(=O)c2ccc(C3CCCNC3)cc2)c1. The van der Waals surface area contributed by atoms with Crippen molar-refractivity contribution >= 4 is 5.91 Å². The number of benzene rings is 2. The zero-order valence-corrected chi connectivity index (χ0v) is 15.1. The molecule has 1 atom stereocenters. The van der Waals surface area contributed by atoms with Gasteiger partial charge in [0.2, 0.25) is 0 Å². The minimum atomic E-state index is 0.0255. The smallest absolute Gasteiger partial charge is 0.251 e. The van der Waals surface area contributed by atoms with Crippen molar-refractivity contribution < 1.29 is 4.79 Å². The van der Waals surface area contributed by atoms with Crippen molar-refractivity contribution in [2.24, 2.45) is 0 Å². The molecule has 1 amide bonds. The lowest BCUT2D eigenvalue weighted by atomic mass is 9.91. The Labute approximate surface area is 150 Å². The zero-order valence-electron chi connectivity index (χ0n) is 15.1. The van der Waals surface area contributed by atoms with Crippen LogP contribution in [0.25, 0.3) is 0 Å². The minimum Gasteiger partial charge on any atom is -0.352 e. The Kier molecular flexibility index (Phi) is 6.24. The van der Waals surface area contributed by atoms with E-state index in [1.807, 2.05) is 12.1 Å². The molecule has 1 aliphatic heterocycles. The summed E-state index contributed by atoms with van der Waals surface area (Å²) in [4.78, 5) is 12.3. The summed E-state index contributed by atoms with van der Waals surface area (Å²) >= 11 is 0. The Morgan fingerprint density at radius 2 is 2.04 bits per heavy atom. The van der Waals surface area contributed by atoms with Gasteiger partial charge in [-0.3, -0.25) is 4.79 Å². The van der Waals surface area contributed by atoms with Crippen LogP contribution in [-0.2, 0) is 6.42 Å². The number of aryl methyl sites for hydroxylation is 2. The van der Waals surface area contributed by atoms with Crippen molar-refractivity contribution in [1.29, 1.82) is 0 Å². The van der Waals surface area contributed by atoms with Gasteiger partial charge in [-0.15, -0.1) is 0 Å².